The number of nitrogens with one attached hydrogen (secondary N) is 1. The van der Waals surface area contributed by atoms with E-state index in [1.807, 2.05) is 0 Å². The summed E-state index contributed by atoms with van der Waals surface area (Å²) < 4.78 is 36.1. The summed E-state index contributed by atoms with van der Waals surface area (Å²) in [6.07, 6.45) is -1.61. The largest absolute Gasteiger partial charge is 0.512 e. The molecule has 0 aliphatic rings. The molecular weight excluding hydrogens is 382 g/mol. The highest BCUT2D eigenvalue weighted by Gasteiger charge is 2.32. The molecule has 0 spiro atoms. The van der Waals surface area contributed by atoms with Crippen LogP contribution in [0.2, 0.25) is 4.34 Å². The van der Waals surface area contributed by atoms with Gasteiger partial charge in [0.25, 0.3) is 11.8 Å². The second-order valence-electron chi connectivity index (χ2n) is 5.11. The predicted octanol–water partition coefficient (Wildman–Crippen LogP) is 3.93. The number of anilines is 1. The van der Waals surface area contributed by atoms with E-state index < -0.39 is 29.3 Å². The fourth-order valence-electron chi connectivity index (χ4n) is 1.61. The molecule has 2 aromatic rings. The monoisotopic (exact) mass is 392 g/mol. The molecule has 0 aliphatic heterocycles. The van der Waals surface area contributed by atoms with Crippen LogP contribution < -0.4 is 14.8 Å². The lowest BCUT2D eigenvalue weighted by Crippen LogP contribution is -2.42. The number of halogens is 3. The van der Waals surface area contributed by atoms with E-state index in [9.17, 15) is 18.4 Å². The third kappa shape index (κ3) is 4.77. The zero-order valence-corrected chi connectivity index (χ0v) is 14.4. The van der Waals surface area contributed by atoms with Crippen LogP contribution in [-0.2, 0) is 4.79 Å². The average Bonchev–Trinajstić information content (AvgIpc) is 2.81. The quantitative estimate of drug-likeness (QED) is 0.748. The van der Waals surface area contributed by atoms with Crippen molar-refractivity contribution in [1.82, 2.24) is 4.98 Å². The number of hydrogen-bond donors (Lipinski definition) is 2. The number of carbonyl (C=O) groups excluding carboxylic acids is 1. The lowest BCUT2D eigenvalue weighted by Gasteiger charge is -2.24. The molecule has 1 aromatic carbocycles. The van der Waals surface area contributed by atoms with Gasteiger partial charge in [0.1, 0.15) is 5.82 Å². The minimum absolute atomic E-state index is 0.0393. The van der Waals surface area contributed by atoms with E-state index in [1.54, 1.807) is 0 Å². The molecule has 1 aromatic heterocycles. The first-order chi connectivity index (χ1) is 11.6. The lowest BCUT2D eigenvalue weighted by atomic mass is 10.1. The van der Waals surface area contributed by atoms with Gasteiger partial charge in [-0.2, -0.15) is 4.98 Å². The molecule has 7 nitrogen and oxygen atoms in total. The number of amides is 1. The van der Waals surface area contributed by atoms with E-state index in [0.717, 1.165) is 23.5 Å². The van der Waals surface area contributed by atoms with Gasteiger partial charge in [0.05, 0.1) is 0 Å². The van der Waals surface area contributed by atoms with E-state index in [-0.39, 0.29) is 21.1 Å². The molecule has 1 heterocycles. The highest BCUT2D eigenvalue weighted by Crippen LogP contribution is 2.34. The SMILES string of the molecule is CC(C)(Oc1ccc(F)cc1F)C(=O)Nc1nc(OC(=O)O)c(Cl)s1. The normalized spacial score (nSPS) is 11.1. The van der Waals surface area contributed by atoms with Gasteiger partial charge in [-0.15, -0.1) is 0 Å². The summed E-state index contributed by atoms with van der Waals surface area (Å²) in [6.45, 7) is 2.71. The molecule has 134 valence electrons. The number of ether oxygens (including phenoxy) is 2. The van der Waals surface area contributed by atoms with Crippen LogP contribution in [-0.4, -0.2) is 27.8 Å². The van der Waals surface area contributed by atoms with Crippen molar-refractivity contribution in [1.29, 1.82) is 0 Å². The van der Waals surface area contributed by atoms with Crippen LogP contribution in [0.25, 0.3) is 0 Å². The van der Waals surface area contributed by atoms with Gasteiger partial charge in [-0.1, -0.05) is 22.9 Å². The molecule has 2 rings (SSSR count). The van der Waals surface area contributed by atoms with Crippen LogP contribution in [0.15, 0.2) is 18.2 Å². The Morgan fingerprint density at radius 2 is 2.04 bits per heavy atom. The van der Waals surface area contributed by atoms with E-state index in [1.165, 1.54) is 13.8 Å². The Kier molecular flexibility index (Phi) is 5.43. The molecular formula is C14H11ClF2N2O5S. The summed E-state index contributed by atoms with van der Waals surface area (Å²) in [4.78, 5) is 26.5. The molecule has 0 bridgehead atoms. The van der Waals surface area contributed by atoms with Crippen molar-refractivity contribution in [2.45, 2.75) is 19.4 Å². The molecule has 0 saturated heterocycles. The Hall–Kier alpha value is -2.46. The van der Waals surface area contributed by atoms with Crippen molar-refractivity contribution >= 4 is 40.1 Å². The molecule has 1 amide bonds. The molecule has 0 fully saturated rings. The van der Waals surface area contributed by atoms with Crippen molar-refractivity contribution in [2.75, 3.05) is 5.32 Å². The summed E-state index contributed by atoms with van der Waals surface area (Å²) in [5.41, 5.74) is -1.55. The van der Waals surface area contributed by atoms with Crippen molar-refractivity contribution < 1.29 is 33.0 Å². The number of nitrogens with zero attached hydrogens (tertiary/aromatic N) is 1. The summed E-state index contributed by atoms with van der Waals surface area (Å²) in [5, 5.41) is 10.9. The Labute approximate surface area is 149 Å². The van der Waals surface area contributed by atoms with Gasteiger partial charge in [0.2, 0.25) is 0 Å². The number of rotatable bonds is 5. The third-order valence-corrected chi connectivity index (χ3v) is 3.90. The van der Waals surface area contributed by atoms with Crippen molar-refractivity contribution in [3.8, 4) is 11.6 Å². The van der Waals surface area contributed by atoms with Crippen molar-refractivity contribution in [2.24, 2.45) is 0 Å². The van der Waals surface area contributed by atoms with Gasteiger partial charge in [0.15, 0.2) is 26.6 Å². The van der Waals surface area contributed by atoms with Crippen molar-refractivity contribution in [3.05, 3.63) is 34.2 Å². The minimum atomic E-state index is -1.61. The number of aromatic nitrogens is 1. The van der Waals surface area contributed by atoms with Crippen molar-refractivity contribution in [3.63, 3.8) is 0 Å². The third-order valence-electron chi connectivity index (χ3n) is 2.77. The summed E-state index contributed by atoms with van der Waals surface area (Å²) in [7, 11) is 0. The van der Waals surface area contributed by atoms with Crippen LogP contribution >= 0.6 is 22.9 Å². The molecule has 0 unspecified atom stereocenters. The lowest BCUT2D eigenvalue weighted by molar-refractivity contribution is -0.128. The van der Waals surface area contributed by atoms with E-state index in [4.69, 9.17) is 21.4 Å². The van der Waals surface area contributed by atoms with Crippen LogP contribution in [0, 0.1) is 11.6 Å². The zero-order valence-electron chi connectivity index (χ0n) is 12.8. The highest BCUT2D eigenvalue weighted by molar-refractivity contribution is 7.20. The first-order valence-electron chi connectivity index (χ1n) is 6.61. The summed E-state index contributed by atoms with van der Waals surface area (Å²) >= 11 is 6.52. The molecule has 11 heteroatoms. The second-order valence-corrected chi connectivity index (χ2v) is 6.71. The number of carboxylic acid groups (broad SMARTS) is 1. The topological polar surface area (TPSA) is 97.8 Å². The first kappa shape index (κ1) is 18.9. The van der Waals surface area contributed by atoms with Crippen LogP contribution in [0.5, 0.6) is 11.6 Å². The predicted molar refractivity (Wildman–Crippen MR) is 85.5 cm³/mol. The van der Waals surface area contributed by atoms with Crippen LogP contribution in [0.3, 0.4) is 0 Å². The number of hydrogen-bond acceptors (Lipinski definition) is 6. The number of carbonyl (C=O) groups is 2. The molecule has 0 aliphatic carbocycles. The molecule has 0 atom stereocenters. The Bertz CT molecular complexity index is 828. The first-order valence-corrected chi connectivity index (χ1v) is 7.80. The Morgan fingerprint density at radius 1 is 1.36 bits per heavy atom. The maximum absolute atomic E-state index is 13.7. The summed E-state index contributed by atoms with van der Waals surface area (Å²) in [6, 6.07) is 2.67. The van der Waals surface area contributed by atoms with Gasteiger partial charge < -0.3 is 14.6 Å². The molecule has 0 radical (unpaired) electrons. The highest BCUT2D eigenvalue weighted by atomic mass is 35.5. The van der Waals surface area contributed by atoms with Crippen LogP contribution in [0.4, 0.5) is 18.7 Å². The second kappa shape index (κ2) is 7.19. The summed E-state index contributed by atoms with van der Waals surface area (Å²) in [5.74, 6) is -3.15. The van der Waals surface area contributed by atoms with Crippen LogP contribution in [0.1, 0.15) is 13.8 Å². The van der Waals surface area contributed by atoms with Gasteiger partial charge in [-0.05, 0) is 26.0 Å². The molecule has 2 N–H and O–H groups in total. The number of benzene rings is 1. The standard InChI is InChI=1S/C14H11ClF2N2O5S/c1-14(2,24-8-4-3-6(16)5-7(8)17)11(20)19-12-18-10(9(15)25-12)23-13(21)22/h3-5H,1-2H3,(H,21,22)(H,18,19,20). The Balaban J connectivity index is 2.12. The molecule has 0 saturated carbocycles. The van der Waals surface area contributed by atoms with Gasteiger partial charge in [0, 0.05) is 6.07 Å². The zero-order chi connectivity index (χ0) is 18.8. The maximum Gasteiger partial charge on any atom is 0.512 e. The van der Waals surface area contributed by atoms with E-state index in [2.05, 4.69) is 15.0 Å². The minimum Gasteiger partial charge on any atom is -0.475 e. The molecule has 25 heavy (non-hydrogen) atoms. The van der Waals surface area contributed by atoms with Gasteiger partial charge in [-0.25, -0.2) is 13.6 Å². The Morgan fingerprint density at radius 3 is 2.64 bits per heavy atom. The van der Waals surface area contributed by atoms with Gasteiger partial charge in [-0.3, -0.25) is 10.1 Å². The maximum atomic E-state index is 13.7. The fourth-order valence-corrected chi connectivity index (χ4v) is 2.53. The van der Waals surface area contributed by atoms with Gasteiger partial charge >= 0.3 is 6.16 Å². The van der Waals surface area contributed by atoms with E-state index in [0.29, 0.717) is 6.07 Å². The smallest absolute Gasteiger partial charge is 0.475 e. The average molecular weight is 393 g/mol. The number of thiazole rings is 1. The van der Waals surface area contributed by atoms with E-state index >= 15 is 0 Å². The fraction of sp³-hybridized carbons (Fsp3) is 0.214.